The zero-order valence-electron chi connectivity index (χ0n) is 12.2. The first-order chi connectivity index (χ1) is 10.0. The van der Waals surface area contributed by atoms with Crippen LogP contribution < -0.4 is 10.1 Å². The summed E-state index contributed by atoms with van der Waals surface area (Å²) in [6.07, 6.45) is 0. The lowest BCUT2D eigenvalue weighted by Gasteiger charge is -2.11. The van der Waals surface area contributed by atoms with Crippen molar-refractivity contribution in [3.05, 3.63) is 64.4 Å². The van der Waals surface area contributed by atoms with Crippen LogP contribution >= 0.6 is 11.6 Å². The van der Waals surface area contributed by atoms with Crippen molar-refractivity contribution in [2.45, 2.75) is 33.0 Å². The molecule has 0 saturated heterocycles. The number of hydrogen-bond donors (Lipinski definition) is 1. The monoisotopic (exact) mass is 307 g/mol. The molecule has 0 heterocycles. The fraction of sp³-hybridized carbons (Fsp3) is 0.294. The van der Waals surface area contributed by atoms with E-state index in [9.17, 15) is 4.39 Å². The van der Waals surface area contributed by atoms with Gasteiger partial charge in [0.15, 0.2) is 0 Å². The highest BCUT2D eigenvalue weighted by Gasteiger charge is 2.05. The molecule has 0 bridgehead atoms. The van der Waals surface area contributed by atoms with Crippen molar-refractivity contribution in [1.29, 1.82) is 0 Å². The lowest BCUT2D eigenvalue weighted by atomic mass is 10.2. The Bertz CT molecular complexity index is 601. The minimum absolute atomic E-state index is 0.299. The molecule has 0 unspecified atom stereocenters. The molecule has 0 amide bonds. The van der Waals surface area contributed by atoms with Gasteiger partial charge in [0, 0.05) is 29.2 Å². The lowest BCUT2D eigenvalue weighted by Crippen LogP contribution is -2.21. The van der Waals surface area contributed by atoms with Gasteiger partial charge in [-0.05, 0) is 23.8 Å². The van der Waals surface area contributed by atoms with Gasteiger partial charge in [-0.3, -0.25) is 0 Å². The molecule has 0 saturated carbocycles. The Morgan fingerprint density at radius 3 is 2.67 bits per heavy atom. The summed E-state index contributed by atoms with van der Waals surface area (Å²) in [6.45, 7) is 5.03. The average molecular weight is 308 g/mol. The molecule has 0 aromatic heterocycles. The summed E-state index contributed by atoms with van der Waals surface area (Å²) in [7, 11) is 0. The van der Waals surface area contributed by atoms with Crippen molar-refractivity contribution in [1.82, 2.24) is 5.32 Å². The maximum absolute atomic E-state index is 13.6. The molecular formula is C17H19ClFNO. The molecule has 0 aliphatic rings. The Balaban J connectivity index is 2.04. The van der Waals surface area contributed by atoms with Crippen LogP contribution in [0.2, 0.25) is 5.02 Å². The minimum Gasteiger partial charge on any atom is -0.489 e. The average Bonchev–Trinajstić information content (AvgIpc) is 2.44. The standard InChI is InChI=1S/C17H19ClFNO/c1-12(2)20-10-13-7-15(19)9-16(8-13)21-11-14-5-3-4-6-17(14)18/h3-9,12,20H,10-11H2,1-2H3. The van der Waals surface area contributed by atoms with Crippen molar-refractivity contribution in [3.8, 4) is 5.75 Å². The molecule has 2 nitrogen and oxygen atoms in total. The van der Waals surface area contributed by atoms with Crippen LogP contribution in [0.5, 0.6) is 5.75 Å². The second kappa shape index (κ2) is 7.43. The molecule has 0 radical (unpaired) electrons. The first kappa shape index (κ1) is 15.8. The molecule has 2 aromatic carbocycles. The van der Waals surface area contributed by atoms with Gasteiger partial charge < -0.3 is 10.1 Å². The number of halogens is 2. The van der Waals surface area contributed by atoms with Crippen molar-refractivity contribution < 1.29 is 9.13 Å². The summed E-state index contributed by atoms with van der Waals surface area (Å²) in [6, 6.07) is 12.5. The molecule has 2 aromatic rings. The molecule has 0 spiro atoms. The summed E-state index contributed by atoms with van der Waals surface area (Å²) in [5.41, 5.74) is 1.74. The molecule has 0 fully saturated rings. The maximum atomic E-state index is 13.6. The summed E-state index contributed by atoms with van der Waals surface area (Å²) in [5, 5.41) is 3.90. The van der Waals surface area contributed by atoms with Crippen LogP contribution in [0, 0.1) is 5.82 Å². The highest BCUT2D eigenvalue weighted by Crippen LogP contribution is 2.20. The van der Waals surface area contributed by atoms with Gasteiger partial charge in [-0.25, -0.2) is 4.39 Å². The van der Waals surface area contributed by atoms with Crippen molar-refractivity contribution in [2.24, 2.45) is 0 Å². The van der Waals surface area contributed by atoms with E-state index in [1.807, 2.05) is 44.2 Å². The first-order valence-electron chi connectivity index (χ1n) is 6.93. The number of nitrogens with one attached hydrogen (secondary N) is 1. The van der Waals surface area contributed by atoms with E-state index >= 15 is 0 Å². The van der Waals surface area contributed by atoms with Crippen molar-refractivity contribution in [3.63, 3.8) is 0 Å². The third-order valence-electron chi connectivity index (χ3n) is 3.00. The van der Waals surface area contributed by atoms with E-state index in [2.05, 4.69) is 5.32 Å². The summed E-state index contributed by atoms with van der Waals surface area (Å²) < 4.78 is 19.3. The number of benzene rings is 2. The van der Waals surface area contributed by atoms with Gasteiger partial charge in [-0.2, -0.15) is 0 Å². The molecule has 112 valence electrons. The van der Waals surface area contributed by atoms with E-state index in [1.54, 1.807) is 0 Å². The molecular weight excluding hydrogens is 289 g/mol. The Hall–Kier alpha value is -1.58. The number of hydrogen-bond acceptors (Lipinski definition) is 2. The van der Waals surface area contributed by atoms with Gasteiger partial charge in [-0.15, -0.1) is 0 Å². The summed E-state index contributed by atoms with van der Waals surface area (Å²) in [4.78, 5) is 0. The van der Waals surface area contributed by atoms with Gasteiger partial charge in [0.25, 0.3) is 0 Å². The molecule has 0 atom stereocenters. The van der Waals surface area contributed by atoms with E-state index < -0.39 is 0 Å². The Morgan fingerprint density at radius 1 is 1.19 bits per heavy atom. The van der Waals surface area contributed by atoms with E-state index in [0.29, 0.717) is 30.0 Å². The van der Waals surface area contributed by atoms with Gasteiger partial charge in [0.1, 0.15) is 18.2 Å². The number of ether oxygens (including phenoxy) is 1. The fourth-order valence-electron chi connectivity index (χ4n) is 1.90. The van der Waals surface area contributed by atoms with Gasteiger partial charge in [0.05, 0.1) is 0 Å². The van der Waals surface area contributed by atoms with Crippen LogP contribution in [0.1, 0.15) is 25.0 Å². The molecule has 0 aliphatic carbocycles. The smallest absolute Gasteiger partial charge is 0.127 e. The predicted molar refractivity (Wildman–Crippen MR) is 84.2 cm³/mol. The topological polar surface area (TPSA) is 21.3 Å². The van der Waals surface area contributed by atoms with E-state index in [4.69, 9.17) is 16.3 Å². The van der Waals surface area contributed by atoms with E-state index in [-0.39, 0.29) is 5.82 Å². The molecule has 0 aliphatic heterocycles. The second-order valence-electron chi connectivity index (χ2n) is 5.21. The second-order valence-corrected chi connectivity index (χ2v) is 5.62. The Morgan fingerprint density at radius 2 is 1.95 bits per heavy atom. The third-order valence-corrected chi connectivity index (χ3v) is 3.37. The predicted octanol–water partition coefficient (Wildman–Crippen LogP) is 4.56. The molecule has 4 heteroatoms. The largest absolute Gasteiger partial charge is 0.489 e. The van der Waals surface area contributed by atoms with Crippen LogP contribution in [0.4, 0.5) is 4.39 Å². The Kier molecular flexibility index (Phi) is 5.59. The summed E-state index contributed by atoms with van der Waals surface area (Å²) >= 11 is 6.07. The van der Waals surface area contributed by atoms with Crippen molar-refractivity contribution in [2.75, 3.05) is 0 Å². The number of rotatable bonds is 6. The van der Waals surface area contributed by atoms with Gasteiger partial charge in [0.2, 0.25) is 0 Å². The molecule has 2 rings (SSSR count). The summed E-state index contributed by atoms with van der Waals surface area (Å²) in [5.74, 6) is 0.211. The van der Waals surface area contributed by atoms with Crippen LogP contribution in [-0.4, -0.2) is 6.04 Å². The quantitative estimate of drug-likeness (QED) is 0.845. The van der Waals surface area contributed by atoms with Gasteiger partial charge >= 0.3 is 0 Å². The lowest BCUT2D eigenvalue weighted by molar-refractivity contribution is 0.304. The highest BCUT2D eigenvalue weighted by atomic mass is 35.5. The third kappa shape index (κ3) is 5.03. The minimum atomic E-state index is -0.299. The van der Waals surface area contributed by atoms with Gasteiger partial charge in [-0.1, -0.05) is 43.6 Å². The normalized spacial score (nSPS) is 10.9. The first-order valence-corrected chi connectivity index (χ1v) is 7.31. The van der Waals surface area contributed by atoms with Crippen LogP contribution in [0.25, 0.3) is 0 Å². The van der Waals surface area contributed by atoms with Crippen LogP contribution in [0.15, 0.2) is 42.5 Å². The fourth-order valence-corrected chi connectivity index (χ4v) is 2.09. The van der Waals surface area contributed by atoms with E-state index in [0.717, 1.165) is 11.1 Å². The zero-order valence-corrected chi connectivity index (χ0v) is 13.0. The maximum Gasteiger partial charge on any atom is 0.127 e. The van der Waals surface area contributed by atoms with Crippen LogP contribution in [-0.2, 0) is 13.2 Å². The SMILES string of the molecule is CC(C)NCc1cc(F)cc(OCc2ccccc2Cl)c1. The van der Waals surface area contributed by atoms with Crippen molar-refractivity contribution >= 4 is 11.6 Å². The molecule has 21 heavy (non-hydrogen) atoms. The highest BCUT2D eigenvalue weighted by molar-refractivity contribution is 6.31. The molecule has 1 N–H and O–H groups in total. The van der Waals surface area contributed by atoms with Crippen LogP contribution in [0.3, 0.4) is 0 Å². The van der Waals surface area contributed by atoms with E-state index in [1.165, 1.54) is 12.1 Å². The zero-order chi connectivity index (χ0) is 15.2. The Labute approximate surface area is 129 Å².